The fraction of sp³-hybridized carbons (Fsp3) is 0.571. The van der Waals surface area contributed by atoms with Crippen LogP contribution in [0.4, 0.5) is 9.93 Å². The number of hydrogen-bond donors (Lipinski definition) is 1. The van der Waals surface area contributed by atoms with Gasteiger partial charge in [-0.25, -0.2) is 17.5 Å². The molecule has 96 valence electrons. The van der Waals surface area contributed by atoms with Gasteiger partial charge >= 0.3 is 6.03 Å². The molecule has 0 atom stereocenters. The SMILES string of the molecule is CN(C)C(=O)Nc1nnc(S(=O)(=O)N(C)C)s1. The van der Waals surface area contributed by atoms with E-state index in [9.17, 15) is 13.2 Å². The molecule has 1 N–H and O–H groups in total. The van der Waals surface area contributed by atoms with Crippen LogP contribution in [0.1, 0.15) is 0 Å². The lowest BCUT2D eigenvalue weighted by molar-refractivity contribution is 0.230. The fourth-order valence-electron chi connectivity index (χ4n) is 0.724. The molecule has 1 heterocycles. The van der Waals surface area contributed by atoms with Gasteiger partial charge in [-0.15, -0.1) is 10.2 Å². The molecule has 1 rings (SSSR count). The van der Waals surface area contributed by atoms with E-state index in [0.717, 1.165) is 15.6 Å². The smallest absolute Gasteiger partial charge is 0.323 e. The Hall–Kier alpha value is -1.26. The molecule has 0 aliphatic rings. The number of amides is 2. The molecule has 0 bridgehead atoms. The zero-order valence-electron chi connectivity index (χ0n) is 9.83. The zero-order valence-corrected chi connectivity index (χ0v) is 11.5. The lowest BCUT2D eigenvalue weighted by Crippen LogP contribution is -2.27. The molecule has 8 nitrogen and oxygen atoms in total. The summed E-state index contributed by atoms with van der Waals surface area (Å²) in [6.07, 6.45) is 0. The molecule has 0 spiro atoms. The normalized spacial score (nSPS) is 11.6. The van der Waals surface area contributed by atoms with E-state index in [1.165, 1.54) is 19.0 Å². The number of anilines is 1. The van der Waals surface area contributed by atoms with Crippen molar-refractivity contribution >= 4 is 32.5 Å². The second kappa shape index (κ2) is 4.94. The number of aromatic nitrogens is 2. The van der Waals surface area contributed by atoms with Crippen molar-refractivity contribution < 1.29 is 13.2 Å². The van der Waals surface area contributed by atoms with Crippen LogP contribution in [0.5, 0.6) is 0 Å². The summed E-state index contributed by atoms with van der Waals surface area (Å²) in [5, 5.41) is 9.68. The van der Waals surface area contributed by atoms with E-state index in [1.54, 1.807) is 14.1 Å². The molecular formula is C7H13N5O3S2. The van der Waals surface area contributed by atoms with Crippen LogP contribution in [0, 0.1) is 0 Å². The predicted molar refractivity (Wildman–Crippen MR) is 63.5 cm³/mol. The third-order valence-electron chi connectivity index (χ3n) is 1.73. The maximum atomic E-state index is 11.7. The van der Waals surface area contributed by atoms with Gasteiger partial charge in [0.1, 0.15) is 0 Å². The number of nitrogens with zero attached hydrogens (tertiary/aromatic N) is 4. The van der Waals surface area contributed by atoms with Crippen LogP contribution >= 0.6 is 11.3 Å². The first kappa shape index (κ1) is 13.8. The molecule has 17 heavy (non-hydrogen) atoms. The van der Waals surface area contributed by atoms with Crippen LogP contribution in [0.3, 0.4) is 0 Å². The summed E-state index contributed by atoms with van der Waals surface area (Å²) in [5.41, 5.74) is 0. The second-order valence-corrected chi connectivity index (χ2v) is 6.79. The average molecular weight is 279 g/mol. The summed E-state index contributed by atoms with van der Waals surface area (Å²) in [6, 6.07) is -0.394. The molecular weight excluding hydrogens is 266 g/mol. The predicted octanol–water partition coefficient (Wildman–Crippen LogP) is -0.118. The lowest BCUT2D eigenvalue weighted by atomic mass is 10.8. The van der Waals surface area contributed by atoms with Gasteiger partial charge in [0.25, 0.3) is 10.0 Å². The highest BCUT2D eigenvalue weighted by Gasteiger charge is 2.23. The summed E-state index contributed by atoms with van der Waals surface area (Å²) in [7, 11) is 2.32. The van der Waals surface area contributed by atoms with Crippen molar-refractivity contribution in [3.05, 3.63) is 0 Å². The van der Waals surface area contributed by atoms with E-state index in [4.69, 9.17) is 0 Å². The van der Waals surface area contributed by atoms with Gasteiger partial charge in [0.15, 0.2) is 0 Å². The Morgan fingerprint density at radius 3 is 2.29 bits per heavy atom. The van der Waals surface area contributed by atoms with Gasteiger partial charge < -0.3 is 4.90 Å². The van der Waals surface area contributed by atoms with Gasteiger partial charge in [-0.3, -0.25) is 5.32 Å². The van der Waals surface area contributed by atoms with Gasteiger partial charge in [-0.05, 0) is 0 Å². The number of hydrogen-bond acceptors (Lipinski definition) is 6. The number of nitrogens with one attached hydrogen (secondary N) is 1. The fourth-order valence-corrected chi connectivity index (χ4v) is 2.75. The minimum atomic E-state index is -3.60. The quantitative estimate of drug-likeness (QED) is 0.778. The minimum absolute atomic E-state index is 0.143. The molecule has 0 aliphatic heterocycles. The minimum Gasteiger partial charge on any atom is -0.331 e. The summed E-state index contributed by atoms with van der Waals surface area (Å²) in [4.78, 5) is 12.6. The molecule has 0 saturated heterocycles. The van der Waals surface area contributed by atoms with Gasteiger partial charge in [-0.2, -0.15) is 0 Å². The van der Waals surface area contributed by atoms with E-state index >= 15 is 0 Å². The average Bonchev–Trinajstić information content (AvgIpc) is 2.66. The maximum absolute atomic E-state index is 11.7. The molecule has 1 aromatic heterocycles. The highest BCUT2D eigenvalue weighted by molar-refractivity contribution is 7.91. The van der Waals surface area contributed by atoms with Crippen LogP contribution in [-0.4, -0.2) is 62.0 Å². The van der Waals surface area contributed by atoms with Crippen LogP contribution in [-0.2, 0) is 10.0 Å². The Labute approximate surface area is 103 Å². The third kappa shape index (κ3) is 3.11. The van der Waals surface area contributed by atoms with E-state index in [2.05, 4.69) is 15.5 Å². The first-order chi connectivity index (χ1) is 7.75. The Morgan fingerprint density at radius 1 is 1.24 bits per heavy atom. The summed E-state index contributed by atoms with van der Waals surface area (Å²) in [5.74, 6) is 0. The molecule has 2 amide bonds. The molecule has 0 aliphatic carbocycles. The first-order valence-corrected chi connectivity index (χ1v) is 6.75. The summed E-state index contributed by atoms with van der Waals surface area (Å²) < 4.78 is 24.2. The highest BCUT2D eigenvalue weighted by atomic mass is 32.2. The molecule has 0 unspecified atom stereocenters. The lowest BCUT2D eigenvalue weighted by Gasteiger charge is -2.09. The van der Waals surface area contributed by atoms with Crippen molar-refractivity contribution in [2.75, 3.05) is 33.5 Å². The number of sulfonamides is 1. The van der Waals surface area contributed by atoms with Crippen molar-refractivity contribution in [2.24, 2.45) is 0 Å². The molecule has 0 saturated carbocycles. The first-order valence-electron chi connectivity index (χ1n) is 4.49. The van der Waals surface area contributed by atoms with Crippen molar-refractivity contribution in [1.82, 2.24) is 19.4 Å². The van der Waals surface area contributed by atoms with Crippen molar-refractivity contribution in [1.29, 1.82) is 0 Å². The van der Waals surface area contributed by atoms with Gasteiger partial charge in [-0.1, -0.05) is 11.3 Å². The number of urea groups is 1. The highest BCUT2D eigenvalue weighted by Crippen LogP contribution is 2.21. The van der Waals surface area contributed by atoms with Gasteiger partial charge in [0.2, 0.25) is 9.47 Å². The van der Waals surface area contributed by atoms with Crippen molar-refractivity contribution in [3.63, 3.8) is 0 Å². The molecule has 1 aromatic rings. The van der Waals surface area contributed by atoms with Gasteiger partial charge in [0, 0.05) is 28.2 Å². The molecule has 0 aromatic carbocycles. The summed E-state index contributed by atoms with van der Waals surface area (Å²) >= 11 is 0.803. The molecule has 0 radical (unpaired) electrons. The molecule has 0 fully saturated rings. The van der Waals surface area contributed by atoms with Crippen LogP contribution in [0.25, 0.3) is 0 Å². The number of carbonyl (C=O) groups excluding carboxylic acids is 1. The second-order valence-electron chi connectivity index (χ2n) is 3.49. The standard InChI is InChI=1S/C7H13N5O3S2/c1-11(2)6(13)8-5-9-10-7(16-5)17(14,15)12(3)4/h1-4H3,(H,8,9,13). The topological polar surface area (TPSA) is 95.5 Å². The largest absolute Gasteiger partial charge is 0.331 e. The van der Waals surface area contributed by atoms with E-state index in [0.29, 0.717) is 0 Å². The third-order valence-corrected chi connectivity index (χ3v) is 4.73. The van der Waals surface area contributed by atoms with Crippen molar-refractivity contribution in [3.8, 4) is 0 Å². The number of rotatable bonds is 3. The zero-order chi connectivity index (χ0) is 13.2. The van der Waals surface area contributed by atoms with Crippen LogP contribution in [0.15, 0.2) is 4.34 Å². The van der Waals surface area contributed by atoms with Gasteiger partial charge in [0.05, 0.1) is 0 Å². The van der Waals surface area contributed by atoms with E-state index < -0.39 is 16.1 Å². The molecule has 10 heteroatoms. The monoisotopic (exact) mass is 279 g/mol. The van der Waals surface area contributed by atoms with Crippen LogP contribution < -0.4 is 5.32 Å². The Balaban J connectivity index is 2.90. The van der Waals surface area contributed by atoms with E-state index in [1.807, 2.05) is 0 Å². The Bertz CT molecular complexity index is 507. The van der Waals surface area contributed by atoms with Crippen molar-refractivity contribution in [2.45, 2.75) is 4.34 Å². The maximum Gasteiger partial charge on any atom is 0.323 e. The Kier molecular flexibility index (Phi) is 4.01. The Morgan fingerprint density at radius 2 is 1.82 bits per heavy atom. The van der Waals surface area contributed by atoms with Crippen LogP contribution in [0.2, 0.25) is 0 Å². The number of carbonyl (C=O) groups is 1. The van der Waals surface area contributed by atoms with E-state index in [-0.39, 0.29) is 9.47 Å². The summed E-state index contributed by atoms with van der Waals surface area (Å²) in [6.45, 7) is 0.